The molecule has 3 nitrogen and oxygen atoms in total. The minimum Gasteiger partial charge on any atom is -0.365 e. The molecule has 0 spiro atoms. The summed E-state index contributed by atoms with van der Waals surface area (Å²) in [5.74, 6) is 1.16. The van der Waals surface area contributed by atoms with Crippen LogP contribution in [0.3, 0.4) is 0 Å². The quantitative estimate of drug-likeness (QED) is 0.806. The zero-order valence-corrected chi connectivity index (χ0v) is 9.25. The van der Waals surface area contributed by atoms with E-state index in [0.29, 0.717) is 23.3 Å². The lowest BCUT2D eigenvalue weighted by Gasteiger charge is -2.21. The van der Waals surface area contributed by atoms with Crippen molar-refractivity contribution in [1.82, 2.24) is 4.98 Å². The number of nitrogens with one attached hydrogen (secondary N) is 1. The van der Waals surface area contributed by atoms with Crippen LogP contribution < -0.4 is 11.1 Å². The first-order chi connectivity index (χ1) is 6.65. The second kappa shape index (κ2) is 5.17. The molecule has 1 unspecified atom stereocenters. The molecule has 1 atom stereocenters. The van der Waals surface area contributed by atoms with Crippen LogP contribution in [-0.4, -0.2) is 17.6 Å². The van der Waals surface area contributed by atoms with Gasteiger partial charge >= 0.3 is 0 Å². The Bertz CT molecular complexity index is 288. The van der Waals surface area contributed by atoms with Gasteiger partial charge < -0.3 is 11.1 Å². The molecule has 0 aliphatic carbocycles. The monoisotopic (exact) mass is 213 g/mol. The van der Waals surface area contributed by atoms with Crippen molar-refractivity contribution in [3.8, 4) is 0 Å². The first kappa shape index (κ1) is 11.3. The molecule has 1 heterocycles. The molecule has 1 rings (SSSR count). The Kier molecular flexibility index (Phi) is 4.17. The number of anilines is 1. The number of hydrogen-bond acceptors (Lipinski definition) is 3. The van der Waals surface area contributed by atoms with Crippen molar-refractivity contribution < 1.29 is 0 Å². The number of halogens is 1. The summed E-state index contributed by atoms with van der Waals surface area (Å²) in [5.41, 5.74) is 5.64. The third-order valence-electron chi connectivity index (χ3n) is 2.14. The van der Waals surface area contributed by atoms with Crippen LogP contribution in [0.4, 0.5) is 5.82 Å². The van der Waals surface area contributed by atoms with Gasteiger partial charge in [-0.3, -0.25) is 0 Å². The Morgan fingerprint density at radius 1 is 1.57 bits per heavy atom. The molecule has 3 N–H and O–H groups in total. The molecule has 1 aromatic heterocycles. The molecule has 14 heavy (non-hydrogen) atoms. The average Bonchev–Trinajstić information content (AvgIpc) is 2.16. The topological polar surface area (TPSA) is 50.9 Å². The Hall–Kier alpha value is -0.800. The molecule has 4 heteroatoms. The predicted molar refractivity (Wildman–Crippen MR) is 60.6 cm³/mol. The lowest BCUT2D eigenvalue weighted by atomic mass is 10.1. The molecule has 0 bridgehead atoms. The summed E-state index contributed by atoms with van der Waals surface area (Å²) in [6.45, 7) is 4.80. The van der Waals surface area contributed by atoms with Gasteiger partial charge in [-0.15, -0.1) is 0 Å². The van der Waals surface area contributed by atoms with E-state index in [1.807, 2.05) is 6.07 Å². The maximum Gasteiger partial charge on any atom is 0.145 e. The SMILES string of the molecule is CC(C)C(CN)Nc1ncccc1Cl. The molecule has 0 saturated carbocycles. The lowest BCUT2D eigenvalue weighted by Crippen LogP contribution is -2.34. The number of aromatic nitrogens is 1. The van der Waals surface area contributed by atoms with Crippen LogP contribution in [0.1, 0.15) is 13.8 Å². The van der Waals surface area contributed by atoms with Crippen LogP contribution in [-0.2, 0) is 0 Å². The zero-order chi connectivity index (χ0) is 10.6. The van der Waals surface area contributed by atoms with Crippen LogP contribution in [0.15, 0.2) is 18.3 Å². The Balaban J connectivity index is 2.72. The molecule has 0 radical (unpaired) electrons. The smallest absolute Gasteiger partial charge is 0.145 e. The minimum atomic E-state index is 0.211. The van der Waals surface area contributed by atoms with E-state index in [9.17, 15) is 0 Å². The first-order valence-electron chi connectivity index (χ1n) is 4.72. The second-order valence-electron chi connectivity index (χ2n) is 3.56. The molecule has 1 aromatic rings. The van der Waals surface area contributed by atoms with Gasteiger partial charge in [0.2, 0.25) is 0 Å². The van der Waals surface area contributed by atoms with Gasteiger partial charge in [0.05, 0.1) is 5.02 Å². The fourth-order valence-corrected chi connectivity index (χ4v) is 1.34. The highest BCUT2D eigenvalue weighted by Gasteiger charge is 2.12. The minimum absolute atomic E-state index is 0.211. The summed E-state index contributed by atoms with van der Waals surface area (Å²) in [6.07, 6.45) is 1.71. The van der Waals surface area contributed by atoms with Crippen molar-refractivity contribution in [3.05, 3.63) is 23.4 Å². The van der Waals surface area contributed by atoms with Gasteiger partial charge in [0.15, 0.2) is 0 Å². The fraction of sp³-hybridized carbons (Fsp3) is 0.500. The summed E-state index contributed by atoms with van der Waals surface area (Å²) in [5, 5.41) is 3.86. The number of pyridine rings is 1. The van der Waals surface area contributed by atoms with Crippen molar-refractivity contribution >= 4 is 17.4 Å². The van der Waals surface area contributed by atoms with Gasteiger partial charge in [0.25, 0.3) is 0 Å². The van der Waals surface area contributed by atoms with Gasteiger partial charge in [-0.25, -0.2) is 4.98 Å². The highest BCUT2D eigenvalue weighted by molar-refractivity contribution is 6.32. The number of rotatable bonds is 4. The third-order valence-corrected chi connectivity index (χ3v) is 2.44. The van der Waals surface area contributed by atoms with Gasteiger partial charge in [-0.05, 0) is 18.1 Å². The maximum absolute atomic E-state index is 5.96. The Labute approximate surface area is 89.7 Å². The molecule has 0 aliphatic rings. The molecule has 78 valence electrons. The zero-order valence-electron chi connectivity index (χ0n) is 8.50. The molecule has 0 aliphatic heterocycles. The van der Waals surface area contributed by atoms with E-state index in [-0.39, 0.29) is 6.04 Å². The molecule has 0 amide bonds. The number of nitrogens with two attached hydrogens (primary N) is 1. The standard InChI is InChI=1S/C10H16ClN3/c1-7(2)9(6-12)14-10-8(11)4-3-5-13-10/h3-5,7,9H,6,12H2,1-2H3,(H,13,14). The van der Waals surface area contributed by atoms with E-state index in [4.69, 9.17) is 17.3 Å². The normalized spacial score (nSPS) is 12.9. The molecule has 0 saturated heterocycles. The van der Waals surface area contributed by atoms with Crippen LogP contribution in [0, 0.1) is 5.92 Å². The highest BCUT2D eigenvalue weighted by atomic mass is 35.5. The Morgan fingerprint density at radius 2 is 2.29 bits per heavy atom. The van der Waals surface area contributed by atoms with Crippen LogP contribution in [0.25, 0.3) is 0 Å². The van der Waals surface area contributed by atoms with Crippen molar-refractivity contribution in [2.45, 2.75) is 19.9 Å². The van der Waals surface area contributed by atoms with E-state index in [1.165, 1.54) is 0 Å². The first-order valence-corrected chi connectivity index (χ1v) is 5.10. The lowest BCUT2D eigenvalue weighted by molar-refractivity contribution is 0.530. The maximum atomic E-state index is 5.96. The average molecular weight is 214 g/mol. The van der Waals surface area contributed by atoms with E-state index in [2.05, 4.69) is 24.1 Å². The van der Waals surface area contributed by atoms with Crippen molar-refractivity contribution in [2.75, 3.05) is 11.9 Å². The van der Waals surface area contributed by atoms with Crippen molar-refractivity contribution in [3.63, 3.8) is 0 Å². The van der Waals surface area contributed by atoms with E-state index >= 15 is 0 Å². The summed E-state index contributed by atoms with van der Waals surface area (Å²) < 4.78 is 0. The summed E-state index contributed by atoms with van der Waals surface area (Å²) in [4.78, 5) is 4.15. The van der Waals surface area contributed by atoms with E-state index in [1.54, 1.807) is 12.3 Å². The number of hydrogen-bond donors (Lipinski definition) is 2. The summed E-state index contributed by atoms with van der Waals surface area (Å²) >= 11 is 5.96. The third kappa shape index (κ3) is 2.86. The highest BCUT2D eigenvalue weighted by Crippen LogP contribution is 2.19. The van der Waals surface area contributed by atoms with Crippen LogP contribution in [0.5, 0.6) is 0 Å². The van der Waals surface area contributed by atoms with Gasteiger partial charge in [0.1, 0.15) is 5.82 Å². The summed E-state index contributed by atoms with van der Waals surface area (Å²) in [7, 11) is 0. The van der Waals surface area contributed by atoms with Gasteiger partial charge in [-0.2, -0.15) is 0 Å². The van der Waals surface area contributed by atoms with Crippen molar-refractivity contribution in [2.24, 2.45) is 11.7 Å². The summed E-state index contributed by atoms with van der Waals surface area (Å²) in [6, 6.07) is 3.83. The number of nitrogens with zero attached hydrogens (tertiary/aromatic N) is 1. The van der Waals surface area contributed by atoms with E-state index < -0.39 is 0 Å². The second-order valence-corrected chi connectivity index (χ2v) is 3.97. The molecule has 0 aromatic carbocycles. The van der Waals surface area contributed by atoms with E-state index in [0.717, 1.165) is 0 Å². The van der Waals surface area contributed by atoms with Gasteiger partial charge in [-0.1, -0.05) is 25.4 Å². The van der Waals surface area contributed by atoms with Crippen LogP contribution >= 0.6 is 11.6 Å². The van der Waals surface area contributed by atoms with Crippen LogP contribution in [0.2, 0.25) is 5.02 Å². The fourth-order valence-electron chi connectivity index (χ4n) is 1.17. The molecular formula is C10H16ClN3. The predicted octanol–water partition coefficient (Wildman–Crippen LogP) is 2.13. The Morgan fingerprint density at radius 3 is 2.79 bits per heavy atom. The molecule has 0 fully saturated rings. The largest absolute Gasteiger partial charge is 0.365 e. The van der Waals surface area contributed by atoms with Gasteiger partial charge in [0, 0.05) is 18.8 Å². The molecular weight excluding hydrogens is 198 g/mol. The van der Waals surface area contributed by atoms with Crippen molar-refractivity contribution in [1.29, 1.82) is 0 Å².